The molecule has 0 aromatic carbocycles. The van der Waals surface area contributed by atoms with E-state index in [4.69, 9.17) is 22.1 Å². The number of carboxylic acids is 1. The Morgan fingerprint density at radius 2 is 2.11 bits per heavy atom. The van der Waals surface area contributed by atoms with Gasteiger partial charge in [0.05, 0.1) is 11.1 Å². The van der Waals surface area contributed by atoms with Gasteiger partial charge in [-0.2, -0.15) is 0 Å². The number of hydrogen-bond donors (Lipinski definition) is 1. The van der Waals surface area contributed by atoms with Crippen LogP contribution in [0.5, 0.6) is 5.75 Å². The number of nitrogens with zero attached hydrogens (tertiary/aromatic N) is 3. The number of thioether (sulfide) groups is 1. The summed E-state index contributed by atoms with van der Waals surface area (Å²) in [6.45, 7) is 4.98. The van der Waals surface area contributed by atoms with Crippen molar-refractivity contribution >= 4 is 52.3 Å². The van der Waals surface area contributed by atoms with Gasteiger partial charge in [0.2, 0.25) is 0 Å². The summed E-state index contributed by atoms with van der Waals surface area (Å²) in [5.74, 6) is -0.966. The van der Waals surface area contributed by atoms with Crippen LogP contribution < -0.4 is 4.74 Å². The van der Waals surface area contributed by atoms with E-state index in [1.807, 2.05) is 13.8 Å². The molecule has 1 aliphatic heterocycles. The van der Waals surface area contributed by atoms with Crippen LogP contribution in [0.1, 0.15) is 32.3 Å². The van der Waals surface area contributed by atoms with Crippen LogP contribution in [0.25, 0.3) is 6.08 Å². The molecule has 0 bridgehead atoms. The molecular formula is C18H21N3O5S2. The highest BCUT2D eigenvalue weighted by molar-refractivity contribution is 8.26. The summed E-state index contributed by atoms with van der Waals surface area (Å²) in [4.78, 5) is 42.7. The molecule has 1 aliphatic rings. The minimum absolute atomic E-state index is 0.0358. The first kappa shape index (κ1) is 21.8. The second kappa shape index (κ2) is 10.2. The molecule has 0 saturated carbocycles. The molecule has 1 saturated heterocycles. The molecule has 8 nitrogen and oxygen atoms in total. The Morgan fingerprint density at radius 1 is 1.39 bits per heavy atom. The van der Waals surface area contributed by atoms with E-state index in [0.717, 1.165) is 11.8 Å². The fraction of sp³-hybridized carbons (Fsp3) is 0.389. The van der Waals surface area contributed by atoms with E-state index in [9.17, 15) is 14.4 Å². The minimum Gasteiger partial charge on any atom is -0.481 e. The predicted molar refractivity (Wildman–Crippen MR) is 110 cm³/mol. The molecule has 2 heterocycles. The monoisotopic (exact) mass is 423 g/mol. The molecule has 0 aliphatic carbocycles. The highest BCUT2D eigenvalue weighted by Crippen LogP contribution is 2.34. The van der Waals surface area contributed by atoms with Crippen molar-refractivity contribution in [2.75, 3.05) is 19.6 Å². The zero-order valence-corrected chi connectivity index (χ0v) is 17.2. The Morgan fingerprint density at radius 3 is 2.75 bits per heavy atom. The smallest absolute Gasteiger partial charge is 0.415 e. The maximum absolute atomic E-state index is 12.6. The number of carbonyl (C=O) groups excluding carboxylic acids is 2. The van der Waals surface area contributed by atoms with Crippen molar-refractivity contribution in [2.24, 2.45) is 0 Å². The van der Waals surface area contributed by atoms with Crippen LogP contribution in [0, 0.1) is 0 Å². The number of amides is 2. The van der Waals surface area contributed by atoms with Crippen molar-refractivity contribution in [1.82, 2.24) is 14.8 Å². The molecule has 0 atom stereocenters. The van der Waals surface area contributed by atoms with Crippen molar-refractivity contribution in [3.63, 3.8) is 0 Å². The zero-order chi connectivity index (χ0) is 20.7. The Balaban J connectivity index is 2.17. The third kappa shape index (κ3) is 5.52. The zero-order valence-electron chi connectivity index (χ0n) is 15.6. The van der Waals surface area contributed by atoms with Gasteiger partial charge in [0.15, 0.2) is 5.75 Å². The number of carboxylic acid groups (broad SMARTS) is 1. The fourth-order valence-corrected chi connectivity index (χ4v) is 3.76. The van der Waals surface area contributed by atoms with Crippen molar-refractivity contribution < 1.29 is 24.2 Å². The van der Waals surface area contributed by atoms with Gasteiger partial charge in [-0.15, -0.1) is 0 Å². The molecule has 2 amide bonds. The Bertz CT molecular complexity index is 808. The van der Waals surface area contributed by atoms with Gasteiger partial charge in [0.25, 0.3) is 5.91 Å². The van der Waals surface area contributed by atoms with Gasteiger partial charge in [0.1, 0.15) is 4.32 Å². The largest absolute Gasteiger partial charge is 0.481 e. The second-order valence-electron chi connectivity index (χ2n) is 5.78. The minimum atomic E-state index is -0.919. The molecule has 10 heteroatoms. The molecular weight excluding hydrogens is 402 g/mol. The van der Waals surface area contributed by atoms with Crippen LogP contribution in [0.3, 0.4) is 0 Å². The van der Waals surface area contributed by atoms with Crippen LogP contribution in [-0.2, 0) is 9.59 Å². The topological polar surface area (TPSA) is 100 Å². The van der Waals surface area contributed by atoms with Crippen LogP contribution in [0.15, 0.2) is 23.4 Å². The van der Waals surface area contributed by atoms with Gasteiger partial charge in [-0.1, -0.05) is 24.0 Å². The van der Waals surface area contributed by atoms with E-state index in [-0.39, 0.29) is 24.6 Å². The molecule has 0 unspecified atom stereocenters. The summed E-state index contributed by atoms with van der Waals surface area (Å²) in [7, 11) is 0. The van der Waals surface area contributed by atoms with E-state index >= 15 is 0 Å². The average molecular weight is 424 g/mol. The number of aliphatic carboxylic acids is 1. The lowest BCUT2D eigenvalue weighted by Gasteiger charge is -2.18. The predicted octanol–water partition coefficient (Wildman–Crippen LogP) is 2.99. The Labute approximate surface area is 172 Å². The molecule has 1 N–H and O–H groups in total. The molecule has 0 radical (unpaired) electrons. The first-order valence-electron chi connectivity index (χ1n) is 8.75. The van der Waals surface area contributed by atoms with Crippen LogP contribution in [0.2, 0.25) is 0 Å². The highest BCUT2D eigenvalue weighted by atomic mass is 32.2. The van der Waals surface area contributed by atoms with Gasteiger partial charge < -0.3 is 14.7 Å². The van der Waals surface area contributed by atoms with Crippen molar-refractivity contribution in [3.8, 4) is 5.75 Å². The first-order chi connectivity index (χ1) is 13.4. The summed E-state index contributed by atoms with van der Waals surface area (Å²) in [5, 5.41) is 8.74. The molecule has 1 aromatic rings. The van der Waals surface area contributed by atoms with Gasteiger partial charge in [-0.3, -0.25) is 19.5 Å². The quantitative estimate of drug-likeness (QED) is 0.503. The van der Waals surface area contributed by atoms with Gasteiger partial charge in [-0.05, 0) is 32.4 Å². The highest BCUT2D eigenvalue weighted by Gasteiger charge is 2.32. The summed E-state index contributed by atoms with van der Waals surface area (Å²) in [5.41, 5.74) is 0.529. The molecule has 1 aromatic heterocycles. The normalized spacial score (nSPS) is 15.2. The number of rotatable bonds is 8. The fourth-order valence-electron chi connectivity index (χ4n) is 2.46. The van der Waals surface area contributed by atoms with E-state index < -0.39 is 12.1 Å². The van der Waals surface area contributed by atoms with Crippen LogP contribution in [0.4, 0.5) is 4.79 Å². The maximum atomic E-state index is 12.6. The van der Waals surface area contributed by atoms with Gasteiger partial charge in [0, 0.05) is 37.8 Å². The number of ether oxygens (including phenoxy) is 1. The molecule has 0 spiro atoms. The van der Waals surface area contributed by atoms with E-state index in [0.29, 0.717) is 34.3 Å². The van der Waals surface area contributed by atoms with Crippen molar-refractivity contribution in [3.05, 3.63) is 28.9 Å². The van der Waals surface area contributed by atoms with Crippen molar-refractivity contribution in [2.45, 2.75) is 26.7 Å². The number of pyridine rings is 1. The summed E-state index contributed by atoms with van der Waals surface area (Å²) in [6.07, 6.45) is 4.34. The Kier molecular flexibility index (Phi) is 7.94. The SMILES string of the molecule is CCN(CC)C(=O)Oc1cnccc1C=C1SC(=S)N(CCCC(=O)O)C1=O. The summed E-state index contributed by atoms with van der Waals surface area (Å²) >= 11 is 6.36. The lowest BCUT2D eigenvalue weighted by atomic mass is 10.2. The lowest BCUT2D eigenvalue weighted by molar-refractivity contribution is -0.137. The molecule has 28 heavy (non-hydrogen) atoms. The van der Waals surface area contributed by atoms with Crippen LogP contribution in [-0.4, -0.2) is 61.8 Å². The van der Waals surface area contributed by atoms with Gasteiger partial charge in [-0.25, -0.2) is 4.79 Å². The van der Waals surface area contributed by atoms with E-state index in [1.54, 1.807) is 12.1 Å². The number of thiocarbonyl (C=S) groups is 1. The maximum Gasteiger partial charge on any atom is 0.415 e. The van der Waals surface area contributed by atoms with Crippen LogP contribution >= 0.6 is 24.0 Å². The van der Waals surface area contributed by atoms with Crippen molar-refractivity contribution in [1.29, 1.82) is 0 Å². The first-order valence-corrected chi connectivity index (χ1v) is 9.97. The standard InChI is InChI=1S/C18H21N3O5S2/c1-3-20(4-2)17(25)26-13-11-19-8-7-12(13)10-14-16(24)21(18(27)28-14)9-5-6-15(22)23/h7-8,10-11H,3-6,9H2,1-2H3,(H,22,23). The van der Waals surface area contributed by atoms with E-state index in [1.165, 1.54) is 22.2 Å². The summed E-state index contributed by atoms with van der Waals surface area (Å²) < 4.78 is 5.80. The third-order valence-electron chi connectivity index (χ3n) is 3.97. The number of hydrogen-bond acceptors (Lipinski definition) is 7. The number of aromatic nitrogens is 1. The van der Waals surface area contributed by atoms with E-state index in [2.05, 4.69) is 4.98 Å². The molecule has 150 valence electrons. The third-order valence-corrected chi connectivity index (χ3v) is 5.35. The number of carbonyl (C=O) groups is 3. The average Bonchev–Trinajstić information content (AvgIpc) is 2.91. The second-order valence-corrected chi connectivity index (χ2v) is 7.46. The summed E-state index contributed by atoms with van der Waals surface area (Å²) in [6, 6.07) is 1.64. The molecule has 1 fully saturated rings. The van der Waals surface area contributed by atoms with Gasteiger partial charge >= 0.3 is 12.1 Å². The Hall–Kier alpha value is -2.46. The molecule has 2 rings (SSSR count). The lowest BCUT2D eigenvalue weighted by Crippen LogP contribution is -2.33.